The van der Waals surface area contributed by atoms with Crippen LogP contribution in [0.15, 0.2) is 24.5 Å². The molecular weight excluding hydrogens is 262 g/mol. The smallest absolute Gasteiger partial charge is 0.260 e. The first-order valence-corrected chi connectivity index (χ1v) is 8.15. The number of hydrogen-bond donors (Lipinski definition) is 1. The molecule has 0 saturated carbocycles. The highest BCUT2D eigenvalue weighted by atomic mass is 32.2. The standard InChI is InChI=1S/C13H21N3O2S/c1-3-7-15(8-4-2)19(17,18)13-11-14-10-12-6-5-9-16(12)13/h5-6,9,11,14H,3-4,7-8,10H2,1-2H3. The van der Waals surface area contributed by atoms with E-state index in [1.165, 1.54) is 0 Å². The normalized spacial score (nSPS) is 15.0. The largest absolute Gasteiger partial charge is 0.383 e. The van der Waals surface area contributed by atoms with Crippen molar-refractivity contribution in [1.29, 1.82) is 0 Å². The Morgan fingerprint density at radius 1 is 1.32 bits per heavy atom. The summed E-state index contributed by atoms with van der Waals surface area (Å²) < 4.78 is 28.8. The van der Waals surface area contributed by atoms with Gasteiger partial charge < -0.3 is 9.88 Å². The number of aromatic nitrogens is 1. The molecule has 0 saturated heterocycles. The maximum atomic E-state index is 12.7. The quantitative estimate of drug-likeness (QED) is 0.866. The van der Waals surface area contributed by atoms with Gasteiger partial charge in [-0.15, -0.1) is 0 Å². The van der Waals surface area contributed by atoms with Crippen molar-refractivity contribution >= 4 is 15.1 Å². The molecule has 0 unspecified atom stereocenters. The van der Waals surface area contributed by atoms with Gasteiger partial charge in [0.2, 0.25) is 0 Å². The van der Waals surface area contributed by atoms with Crippen LogP contribution >= 0.6 is 0 Å². The Kier molecular flexibility index (Phi) is 4.31. The Morgan fingerprint density at radius 2 is 2.00 bits per heavy atom. The van der Waals surface area contributed by atoms with Gasteiger partial charge in [-0.25, -0.2) is 8.42 Å². The lowest BCUT2D eigenvalue weighted by Gasteiger charge is -2.26. The molecule has 0 spiro atoms. The van der Waals surface area contributed by atoms with Crippen LogP contribution in [0.3, 0.4) is 0 Å². The Balaban J connectivity index is 2.36. The first-order chi connectivity index (χ1) is 9.11. The summed E-state index contributed by atoms with van der Waals surface area (Å²) in [6.45, 7) is 5.77. The van der Waals surface area contributed by atoms with Crippen LogP contribution in [0.2, 0.25) is 0 Å². The number of rotatable bonds is 6. The molecule has 5 nitrogen and oxygen atoms in total. The number of sulfonamides is 1. The van der Waals surface area contributed by atoms with Crippen molar-refractivity contribution in [2.75, 3.05) is 13.1 Å². The Labute approximate surface area is 115 Å². The van der Waals surface area contributed by atoms with Crippen molar-refractivity contribution in [3.05, 3.63) is 30.2 Å². The maximum absolute atomic E-state index is 12.7. The first-order valence-electron chi connectivity index (χ1n) is 6.71. The number of fused-ring (bicyclic) bond motifs is 1. The van der Waals surface area contributed by atoms with E-state index in [2.05, 4.69) is 5.32 Å². The minimum Gasteiger partial charge on any atom is -0.383 e. The third-order valence-electron chi connectivity index (χ3n) is 3.13. The second kappa shape index (κ2) is 5.79. The molecule has 1 aliphatic rings. The van der Waals surface area contributed by atoms with Crippen LogP contribution in [-0.4, -0.2) is 30.4 Å². The van der Waals surface area contributed by atoms with Gasteiger partial charge in [0.1, 0.15) is 0 Å². The molecular formula is C13H21N3O2S. The SMILES string of the molecule is CCCN(CCC)S(=O)(=O)C1=CNCc2cccn21. The highest BCUT2D eigenvalue weighted by Crippen LogP contribution is 2.23. The van der Waals surface area contributed by atoms with Gasteiger partial charge in [0.15, 0.2) is 5.03 Å². The molecule has 19 heavy (non-hydrogen) atoms. The van der Waals surface area contributed by atoms with Gasteiger partial charge in [-0.2, -0.15) is 4.31 Å². The fraction of sp³-hybridized carbons (Fsp3) is 0.538. The van der Waals surface area contributed by atoms with E-state index >= 15 is 0 Å². The fourth-order valence-corrected chi connectivity index (χ4v) is 4.04. The van der Waals surface area contributed by atoms with E-state index < -0.39 is 10.0 Å². The summed E-state index contributed by atoms with van der Waals surface area (Å²) >= 11 is 0. The maximum Gasteiger partial charge on any atom is 0.260 e. The molecule has 0 atom stereocenters. The van der Waals surface area contributed by atoms with Gasteiger partial charge in [0.25, 0.3) is 10.0 Å². The van der Waals surface area contributed by atoms with E-state index in [9.17, 15) is 8.42 Å². The zero-order chi connectivity index (χ0) is 13.9. The molecule has 0 bridgehead atoms. The molecule has 0 amide bonds. The van der Waals surface area contributed by atoms with Gasteiger partial charge >= 0.3 is 0 Å². The van der Waals surface area contributed by atoms with E-state index in [1.54, 1.807) is 21.3 Å². The topological polar surface area (TPSA) is 54.3 Å². The molecule has 2 heterocycles. The van der Waals surface area contributed by atoms with E-state index in [0.29, 0.717) is 24.7 Å². The Bertz CT molecular complexity index is 554. The van der Waals surface area contributed by atoms with Crippen LogP contribution in [-0.2, 0) is 16.6 Å². The molecule has 0 radical (unpaired) electrons. The minimum absolute atomic E-state index is 0.320. The van der Waals surface area contributed by atoms with Crippen molar-refractivity contribution in [3.63, 3.8) is 0 Å². The van der Waals surface area contributed by atoms with Gasteiger partial charge in [-0.05, 0) is 25.0 Å². The van der Waals surface area contributed by atoms with Crippen LogP contribution in [0, 0.1) is 0 Å². The monoisotopic (exact) mass is 283 g/mol. The molecule has 1 N–H and O–H groups in total. The van der Waals surface area contributed by atoms with Crippen molar-refractivity contribution in [1.82, 2.24) is 14.2 Å². The summed E-state index contributed by atoms with van der Waals surface area (Å²) in [4.78, 5) is 0. The molecule has 1 aliphatic heterocycles. The molecule has 0 fully saturated rings. The summed E-state index contributed by atoms with van der Waals surface area (Å²) in [5.41, 5.74) is 0.967. The third kappa shape index (κ3) is 2.69. The van der Waals surface area contributed by atoms with Gasteiger partial charge in [0.05, 0.1) is 6.54 Å². The van der Waals surface area contributed by atoms with Crippen molar-refractivity contribution in [2.45, 2.75) is 33.2 Å². The minimum atomic E-state index is -3.44. The second-order valence-electron chi connectivity index (χ2n) is 4.64. The Morgan fingerprint density at radius 3 is 2.63 bits per heavy atom. The van der Waals surface area contributed by atoms with E-state index in [0.717, 1.165) is 18.5 Å². The van der Waals surface area contributed by atoms with Gasteiger partial charge in [0, 0.05) is 31.2 Å². The van der Waals surface area contributed by atoms with Crippen LogP contribution in [0.1, 0.15) is 32.4 Å². The van der Waals surface area contributed by atoms with E-state index in [-0.39, 0.29) is 0 Å². The summed E-state index contributed by atoms with van der Waals surface area (Å²) in [6.07, 6.45) is 5.03. The van der Waals surface area contributed by atoms with Crippen molar-refractivity contribution < 1.29 is 8.42 Å². The first kappa shape index (κ1) is 14.1. The summed E-state index contributed by atoms with van der Waals surface area (Å²) in [6, 6.07) is 3.80. The molecule has 6 heteroatoms. The van der Waals surface area contributed by atoms with Gasteiger partial charge in [-0.3, -0.25) is 0 Å². The second-order valence-corrected chi connectivity index (χ2v) is 6.52. The lowest BCUT2D eigenvalue weighted by atomic mass is 10.4. The lowest BCUT2D eigenvalue weighted by Crippen LogP contribution is -2.36. The molecule has 106 valence electrons. The predicted octanol–water partition coefficient (Wildman–Crippen LogP) is 1.80. The van der Waals surface area contributed by atoms with Gasteiger partial charge in [-0.1, -0.05) is 13.8 Å². The van der Waals surface area contributed by atoms with Crippen LogP contribution in [0.25, 0.3) is 5.03 Å². The molecule has 2 rings (SSSR count). The fourth-order valence-electron chi connectivity index (χ4n) is 2.27. The Hall–Kier alpha value is -1.27. The van der Waals surface area contributed by atoms with Crippen molar-refractivity contribution in [2.24, 2.45) is 0 Å². The zero-order valence-corrected chi connectivity index (χ0v) is 12.3. The van der Waals surface area contributed by atoms with E-state index in [4.69, 9.17) is 0 Å². The lowest BCUT2D eigenvalue weighted by molar-refractivity contribution is 0.415. The molecule has 1 aromatic rings. The number of hydrogen-bond acceptors (Lipinski definition) is 3. The highest BCUT2D eigenvalue weighted by Gasteiger charge is 2.29. The number of nitrogens with zero attached hydrogens (tertiary/aromatic N) is 2. The molecule has 0 aliphatic carbocycles. The summed E-state index contributed by atoms with van der Waals surface area (Å²) in [5.74, 6) is 0. The molecule has 1 aromatic heterocycles. The average molecular weight is 283 g/mol. The van der Waals surface area contributed by atoms with E-state index in [1.807, 2.05) is 26.0 Å². The van der Waals surface area contributed by atoms with Crippen LogP contribution in [0.4, 0.5) is 0 Å². The van der Waals surface area contributed by atoms with Crippen molar-refractivity contribution in [3.8, 4) is 0 Å². The predicted molar refractivity (Wildman–Crippen MR) is 76.6 cm³/mol. The number of nitrogens with one attached hydrogen (secondary N) is 1. The summed E-state index contributed by atoms with van der Waals surface area (Å²) in [7, 11) is -3.44. The highest BCUT2D eigenvalue weighted by molar-refractivity contribution is 7.98. The summed E-state index contributed by atoms with van der Waals surface area (Å²) in [5, 5.41) is 3.35. The average Bonchev–Trinajstić information content (AvgIpc) is 2.86. The molecule has 0 aromatic carbocycles. The third-order valence-corrected chi connectivity index (χ3v) is 5.02. The zero-order valence-electron chi connectivity index (χ0n) is 11.5. The van der Waals surface area contributed by atoms with Crippen LogP contribution in [0.5, 0.6) is 0 Å². The van der Waals surface area contributed by atoms with Crippen LogP contribution < -0.4 is 5.32 Å².